The number of carbonyl (C=O) groups is 5. The average Bonchev–Trinajstić information content (AvgIpc) is 2.70. The van der Waals surface area contributed by atoms with Crippen molar-refractivity contribution in [1.29, 1.82) is 0 Å². The maximum Gasteiger partial charge on any atom is 0.429 e. The van der Waals surface area contributed by atoms with Crippen molar-refractivity contribution < 1.29 is 38.7 Å². The summed E-state index contributed by atoms with van der Waals surface area (Å²) < 4.78 is 10.1. The molecule has 1 aliphatic heterocycles. The van der Waals surface area contributed by atoms with Gasteiger partial charge in [-0.25, -0.2) is 20.0 Å². The van der Waals surface area contributed by atoms with Crippen LogP contribution < -0.4 is 5.43 Å². The third-order valence-electron chi connectivity index (χ3n) is 3.06. The Kier molecular flexibility index (Phi) is 6.54. The molecule has 1 saturated heterocycles. The van der Waals surface area contributed by atoms with Crippen LogP contribution in [0.25, 0.3) is 0 Å². The van der Waals surface area contributed by atoms with Crippen LogP contribution in [0.3, 0.4) is 0 Å². The van der Waals surface area contributed by atoms with E-state index in [0.29, 0.717) is 5.01 Å². The van der Waals surface area contributed by atoms with Gasteiger partial charge >= 0.3 is 12.2 Å². The van der Waals surface area contributed by atoms with Crippen LogP contribution in [0.2, 0.25) is 0 Å². The fourth-order valence-corrected chi connectivity index (χ4v) is 2.01. The monoisotopic (exact) mass is 387 g/mol. The summed E-state index contributed by atoms with van der Waals surface area (Å²) in [6, 6.07) is 0. The van der Waals surface area contributed by atoms with Crippen LogP contribution in [0.15, 0.2) is 0 Å². The molecular formula is C16H25N3O8. The molecule has 2 N–H and O–H groups in total. The SMILES string of the molecule is CC(C)(C)OC(=O)NN(CC(=O)C1CC(=O)N(O)C1=O)C(=O)OC(C)(C)C. The van der Waals surface area contributed by atoms with Gasteiger partial charge in [-0.15, -0.1) is 0 Å². The molecule has 0 aromatic carbocycles. The summed E-state index contributed by atoms with van der Waals surface area (Å²) in [6.45, 7) is 8.81. The van der Waals surface area contributed by atoms with E-state index in [0.717, 1.165) is 0 Å². The predicted octanol–water partition coefficient (Wildman–Crippen LogP) is 0.997. The number of hydrogen-bond acceptors (Lipinski definition) is 8. The van der Waals surface area contributed by atoms with E-state index in [2.05, 4.69) is 5.43 Å². The van der Waals surface area contributed by atoms with Crippen LogP contribution >= 0.6 is 0 Å². The van der Waals surface area contributed by atoms with Gasteiger partial charge < -0.3 is 9.47 Å². The minimum absolute atomic E-state index is 0.137. The lowest BCUT2D eigenvalue weighted by atomic mass is 10.0. The van der Waals surface area contributed by atoms with Gasteiger partial charge in [0, 0.05) is 6.42 Å². The Morgan fingerprint density at radius 3 is 2.04 bits per heavy atom. The van der Waals surface area contributed by atoms with Gasteiger partial charge in [-0.1, -0.05) is 0 Å². The summed E-state index contributed by atoms with van der Waals surface area (Å²) in [5.41, 5.74) is 0.308. The summed E-state index contributed by atoms with van der Waals surface area (Å²) in [4.78, 5) is 59.7. The van der Waals surface area contributed by atoms with Gasteiger partial charge in [-0.05, 0) is 41.5 Å². The van der Waals surface area contributed by atoms with E-state index in [1.54, 1.807) is 41.5 Å². The van der Waals surface area contributed by atoms with E-state index in [1.165, 1.54) is 0 Å². The number of amides is 4. The molecule has 0 spiro atoms. The predicted molar refractivity (Wildman–Crippen MR) is 89.1 cm³/mol. The maximum atomic E-state index is 12.3. The number of ketones is 1. The molecule has 0 bridgehead atoms. The van der Waals surface area contributed by atoms with E-state index < -0.39 is 59.9 Å². The van der Waals surface area contributed by atoms with Crippen molar-refractivity contribution >= 4 is 29.8 Å². The molecule has 152 valence electrons. The molecule has 1 aliphatic rings. The minimum atomic E-state index is -1.45. The maximum absolute atomic E-state index is 12.3. The number of hydrogen-bond donors (Lipinski definition) is 2. The largest absolute Gasteiger partial charge is 0.443 e. The third-order valence-corrected chi connectivity index (χ3v) is 3.06. The summed E-state index contributed by atoms with van der Waals surface area (Å²) in [5, 5.41) is 9.66. The van der Waals surface area contributed by atoms with Gasteiger partial charge in [0.05, 0.1) is 0 Å². The molecule has 0 saturated carbocycles. The van der Waals surface area contributed by atoms with Crippen LogP contribution in [0.1, 0.15) is 48.0 Å². The van der Waals surface area contributed by atoms with Crippen molar-refractivity contribution in [3.05, 3.63) is 0 Å². The van der Waals surface area contributed by atoms with Crippen LogP contribution in [0, 0.1) is 5.92 Å². The zero-order valence-electron chi connectivity index (χ0n) is 16.2. The van der Waals surface area contributed by atoms with E-state index in [-0.39, 0.29) is 5.06 Å². The zero-order valence-corrected chi connectivity index (χ0v) is 16.2. The molecular weight excluding hydrogens is 362 g/mol. The van der Waals surface area contributed by atoms with Crippen LogP contribution in [-0.2, 0) is 23.9 Å². The molecule has 1 atom stereocenters. The van der Waals surface area contributed by atoms with E-state index >= 15 is 0 Å². The number of Topliss-reactive ketones (excluding diaryl/α,β-unsaturated/α-hetero) is 1. The van der Waals surface area contributed by atoms with Gasteiger partial charge in [-0.2, -0.15) is 5.06 Å². The highest BCUT2D eigenvalue weighted by atomic mass is 16.6. The second-order valence-electron chi connectivity index (χ2n) is 7.95. The average molecular weight is 387 g/mol. The first-order valence-electron chi connectivity index (χ1n) is 8.19. The number of nitrogens with zero attached hydrogens (tertiary/aromatic N) is 2. The van der Waals surface area contributed by atoms with Crippen LogP contribution in [-0.4, -0.2) is 62.8 Å². The second kappa shape index (κ2) is 7.91. The lowest BCUT2D eigenvalue weighted by Gasteiger charge is -2.28. The Bertz CT molecular complexity index is 647. The topological polar surface area (TPSA) is 143 Å². The molecule has 0 aliphatic carbocycles. The number of nitrogens with one attached hydrogen (secondary N) is 1. The van der Waals surface area contributed by atoms with Crippen molar-refractivity contribution in [3.8, 4) is 0 Å². The molecule has 1 rings (SSSR count). The molecule has 0 aromatic heterocycles. The molecule has 27 heavy (non-hydrogen) atoms. The Hall–Kier alpha value is -2.69. The zero-order chi connectivity index (χ0) is 21.2. The van der Waals surface area contributed by atoms with E-state index in [1.807, 2.05) is 0 Å². The Labute approximate surface area is 156 Å². The first-order valence-corrected chi connectivity index (χ1v) is 8.19. The van der Waals surface area contributed by atoms with Crippen molar-refractivity contribution in [2.45, 2.75) is 59.2 Å². The third kappa shape index (κ3) is 6.85. The number of hydrazine groups is 1. The summed E-state index contributed by atoms with van der Waals surface area (Å²) in [5.74, 6) is -4.33. The molecule has 0 radical (unpaired) electrons. The first kappa shape index (κ1) is 22.4. The Morgan fingerprint density at radius 2 is 1.63 bits per heavy atom. The standard InChI is InChI=1S/C16H25N3O8/c1-15(2,3)26-13(23)17-18(14(24)27-16(4,5)6)8-10(20)9-7-11(21)19(25)12(9)22/h9,25H,7-8H2,1-6H3,(H,17,23). The summed E-state index contributed by atoms with van der Waals surface area (Å²) in [7, 11) is 0. The van der Waals surface area contributed by atoms with Crippen molar-refractivity contribution in [2.75, 3.05) is 6.54 Å². The lowest BCUT2D eigenvalue weighted by molar-refractivity contribution is -0.172. The first-order chi connectivity index (χ1) is 12.1. The number of hydroxylamine groups is 2. The molecule has 1 unspecified atom stereocenters. The molecule has 11 nitrogen and oxygen atoms in total. The van der Waals surface area contributed by atoms with Crippen molar-refractivity contribution in [3.63, 3.8) is 0 Å². The van der Waals surface area contributed by atoms with Gasteiger partial charge in [0.15, 0.2) is 5.78 Å². The van der Waals surface area contributed by atoms with E-state index in [4.69, 9.17) is 9.47 Å². The molecule has 0 aromatic rings. The summed E-state index contributed by atoms with van der Waals surface area (Å²) in [6.07, 6.45) is -2.60. The molecule has 1 fully saturated rings. The number of rotatable bonds is 3. The van der Waals surface area contributed by atoms with Gasteiger partial charge in [0.2, 0.25) is 0 Å². The van der Waals surface area contributed by atoms with Crippen LogP contribution in [0.5, 0.6) is 0 Å². The van der Waals surface area contributed by atoms with Crippen LogP contribution in [0.4, 0.5) is 9.59 Å². The highest BCUT2D eigenvalue weighted by Gasteiger charge is 2.43. The number of imide groups is 1. The Morgan fingerprint density at radius 1 is 1.11 bits per heavy atom. The van der Waals surface area contributed by atoms with Crippen molar-refractivity contribution in [1.82, 2.24) is 15.5 Å². The normalized spacial score (nSPS) is 17.6. The molecule has 1 heterocycles. The molecule has 11 heteroatoms. The highest BCUT2D eigenvalue weighted by Crippen LogP contribution is 2.19. The second-order valence-corrected chi connectivity index (χ2v) is 7.95. The highest BCUT2D eigenvalue weighted by molar-refractivity contribution is 6.14. The lowest BCUT2D eigenvalue weighted by Crippen LogP contribution is -2.52. The van der Waals surface area contributed by atoms with Crippen molar-refractivity contribution in [2.24, 2.45) is 5.92 Å². The Balaban J connectivity index is 2.92. The molecule has 4 amide bonds. The van der Waals surface area contributed by atoms with Gasteiger partial charge in [0.25, 0.3) is 11.8 Å². The fourth-order valence-electron chi connectivity index (χ4n) is 2.01. The van der Waals surface area contributed by atoms with Gasteiger partial charge in [-0.3, -0.25) is 19.6 Å². The fraction of sp³-hybridized carbons (Fsp3) is 0.688. The summed E-state index contributed by atoms with van der Waals surface area (Å²) >= 11 is 0. The number of carbonyl (C=O) groups excluding carboxylic acids is 5. The van der Waals surface area contributed by atoms with E-state index in [9.17, 15) is 29.2 Å². The van der Waals surface area contributed by atoms with Gasteiger partial charge in [0.1, 0.15) is 23.7 Å². The minimum Gasteiger partial charge on any atom is -0.443 e. The number of ether oxygens (including phenoxy) is 2. The smallest absolute Gasteiger partial charge is 0.429 e. The quantitative estimate of drug-likeness (QED) is 0.316.